The van der Waals surface area contributed by atoms with Crippen LogP contribution >= 0.6 is 0 Å². The van der Waals surface area contributed by atoms with Crippen LogP contribution in [0.4, 0.5) is 5.82 Å². The van der Waals surface area contributed by atoms with Crippen LogP contribution < -0.4 is 5.32 Å². The molecule has 0 aromatic carbocycles. The van der Waals surface area contributed by atoms with Crippen LogP contribution in [0.5, 0.6) is 0 Å². The summed E-state index contributed by atoms with van der Waals surface area (Å²) in [4.78, 5) is 4.41. The molecular formula is C13H21N3O3S. The molecule has 1 aromatic heterocycles. The maximum Gasteiger partial charge on any atom is 0.243 e. The number of nitrogens with one attached hydrogen (secondary N) is 1. The predicted molar refractivity (Wildman–Crippen MR) is 77.2 cm³/mol. The molecule has 1 atom stereocenters. The molecule has 1 fully saturated rings. The lowest BCUT2D eigenvalue weighted by atomic mass is 10.3. The minimum atomic E-state index is -3.47. The fourth-order valence-electron chi connectivity index (χ4n) is 2.08. The molecule has 2 heterocycles. The minimum Gasteiger partial charge on any atom is -0.376 e. The van der Waals surface area contributed by atoms with Crippen LogP contribution in [0.2, 0.25) is 0 Å². The number of anilines is 1. The molecule has 6 nitrogen and oxygen atoms in total. The second-order valence-corrected chi connectivity index (χ2v) is 6.79. The molecule has 0 radical (unpaired) electrons. The number of aromatic nitrogens is 1. The molecule has 112 valence electrons. The smallest absolute Gasteiger partial charge is 0.243 e. The molecule has 0 saturated carbocycles. The average Bonchev–Trinajstić information content (AvgIpc) is 2.45. The fraction of sp³-hybridized carbons (Fsp3) is 0.615. The van der Waals surface area contributed by atoms with Crippen LogP contribution in [0.1, 0.15) is 20.3 Å². The van der Waals surface area contributed by atoms with E-state index in [4.69, 9.17) is 4.74 Å². The van der Waals surface area contributed by atoms with E-state index in [1.807, 2.05) is 13.8 Å². The first-order valence-electron chi connectivity index (χ1n) is 6.85. The predicted octanol–water partition coefficient (Wildman–Crippen LogP) is 1.31. The highest BCUT2D eigenvalue weighted by atomic mass is 32.2. The molecular weight excluding hydrogens is 278 g/mol. The Kier molecular flexibility index (Phi) is 4.95. The summed E-state index contributed by atoms with van der Waals surface area (Å²) in [6.45, 7) is 5.91. The number of sulfonamides is 1. The monoisotopic (exact) mass is 299 g/mol. The van der Waals surface area contributed by atoms with Crippen molar-refractivity contribution in [2.75, 3.05) is 31.6 Å². The van der Waals surface area contributed by atoms with E-state index < -0.39 is 10.0 Å². The van der Waals surface area contributed by atoms with Gasteiger partial charge >= 0.3 is 0 Å². The normalized spacial score (nSPS) is 20.8. The summed E-state index contributed by atoms with van der Waals surface area (Å²) in [5, 5.41) is 3.10. The van der Waals surface area contributed by atoms with Gasteiger partial charge in [-0.15, -0.1) is 0 Å². The maximum atomic E-state index is 12.6. The van der Waals surface area contributed by atoms with Crippen molar-refractivity contribution in [1.29, 1.82) is 0 Å². The zero-order chi connectivity index (χ0) is 14.6. The lowest BCUT2D eigenvalue weighted by Crippen LogP contribution is -2.44. The Bertz CT molecular complexity index is 548. The third-order valence-corrected chi connectivity index (χ3v) is 4.99. The molecule has 1 saturated heterocycles. The number of ether oxygens (including phenoxy) is 1. The van der Waals surface area contributed by atoms with E-state index in [-0.39, 0.29) is 11.0 Å². The van der Waals surface area contributed by atoms with E-state index in [1.165, 1.54) is 16.6 Å². The van der Waals surface area contributed by atoms with Crippen molar-refractivity contribution in [2.24, 2.45) is 0 Å². The maximum absolute atomic E-state index is 12.6. The number of nitrogens with zero attached hydrogens (tertiary/aromatic N) is 2. The molecule has 0 spiro atoms. The number of pyridine rings is 1. The highest BCUT2D eigenvalue weighted by molar-refractivity contribution is 7.89. The van der Waals surface area contributed by atoms with Crippen molar-refractivity contribution in [3.63, 3.8) is 0 Å². The van der Waals surface area contributed by atoms with Crippen LogP contribution in [0.25, 0.3) is 0 Å². The number of hydrogen-bond donors (Lipinski definition) is 1. The standard InChI is InChI=1S/C13H21N3O3S/c1-3-5-14-13-9-12(4-6-15-13)20(17,18)16-7-8-19-11(2)10-16/h4,6,9,11H,3,5,7-8,10H2,1-2H3,(H,14,15). The second-order valence-electron chi connectivity index (χ2n) is 4.85. The average molecular weight is 299 g/mol. The van der Waals surface area contributed by atoms with Crippen LogP contribution in [0, 0.1) is 0 Å². The van der Waals surface area contributed by atoms with Gasteiger partial charge < -0.3 is 10.1 Å². The summed E-state index contributed by atoms with van der Waals surface area (Å²) in [6, 6.07) is 3.12. The molecule has 1 aliphatic rings. The Morgan fingerprint density at radius 1 is 1.55 bits per heavy atom. The minimum absolute atomic E-state index is 0.0713. The summed E-state index contributed by atoms with van der Waals surface area (Å²) < 4.78 is 32.0. The summed E-state index contributed by atoms with van der Waals surface area (Å²) in [7, 11) is -3.47. The van der Waals surface area contributed by atoms with Gasteiger partial charge in [-0.05, 0) is 19.4 Å². The van der Waals surface area contributed by atoms with E-state index in [2.05, 4.69) is 10.3 Å². The fourth-order valence-corrected chi connectivity index (χ4v) is 3.59. The molecule has 1 N–H and O–H groups in total. The van der Waals surface area contributed by atoms with Crippen LogP contribution in [-0.4, -0.2) is 50.1 Å². The van der Waals surface area contributed by atoms with Gasteiger partial charge in [0.1, 0.15) is 5.82 Å². The van der Waals surface area contributed by atoms with Gasteiger partial charge in [-0.1, -0.05) is 6.92 Å². The highest BCUT2D eigenvalue weighted by Crippen LogP contribution is 2.20. The van der Waals surface area contributed by atoms with E-state index in [0.717, 1.165) is 13.0 Å². The van der Waals surface area contributed by atoms with E-state index in [0.29, 0.717) is 25.5 Å². The third kappa shape index (κ3) is 3.47. The number of morpholine rings is 1. The largest absolute Gasteiger partial charge is 0.376 e. The van der Waals surface area contributed by atoms with Crippen LogP contribution in [-0.2, 0) is 14.8 Å². The van der Waals surface area contributed by atoms with Gasteiger partial charge in [-0.25, -0.2) is 13.4 Å². The molecule has 0 amide bonds. The Hall–Kier alpha value is -1.18. The summed E-state index contributed by atoms with van der Waals surface area (Å²) in [5.41, 5.74) is 0. The van der Waals surface area contributed by atoms with Gasteiger partial charge in [0.2, 0.25) is 10.0 Å². The first kappa shape index (κ1) is 15.2. The van der Waals surface area contributed by atoms with Gasteiger partial charge in [-0.2, -0.15) is 4.31 Å². The first-order chi connectivity index (χ1) is 9.54. The van der Waals surface area contributed by atoms with Crippen LogP contribution in [0.15, 0.2) is 23.2 Å². The van der Waals surface area contributed by atoms with Crippen molar-refractivity contribution in [2.45, 2.75) is 31.3 Å². The van der Waals surface area contributed by atoms with Crippen molar-refractivity contribution in [3.8, 4) is 0 Å². The highest BCUT2D eigenvalue weighted by Gasteiger charge is 2.29. The molecule has 1 aliphatic heterocycles. The molecule has 0 aliphatic carbocycles. The summed E-state index contributed by atoms with van der Waals surface area (Å²) in [5.74, 6) is 0.592. The Balaban J connectivity index is 2.20. The van der Waals surface area contributed by atoms with Gasteiger partial charge in [-0.3, -0.25) is 0 Å². The number of hydrogen-bond acceptors (Lipinski definition) is 5. The van der Waals surface area contributed by atoms with Gasteiger partial charge in [0.05, 0.1) is 17.6 Å². The first-order valence-corrected chi connectivity index (χ1v) is 8.29. The molecule has 20 heavy (non-hydrogen) atoms. The zero-order valence-electron chi connectivity index (χ0n) is 11.9. The SMILES string of the molecule is CCCNc1cc(S(=O)(=O)N2CCOC(C)C2)ccn1. The third-order valence-electron chi connectivity index (χ3n) is 3.13. The summed E-state index contributed by atoms with van der Waals surface area (Å²) >= 11 is 0. The van der Waals surface area contributed by atoms with Crippen molar-refractivity contribution in [1.82, 2.24) is 9.29 Å². The van der Waals surface area contributed by atoms with Gasteiger partial charge in [0, 0.05) is 31.9 Å². The van der Waals surface area contributed by atoms with Crippen molar-refractivity contribution >= 4 is 15.8 Å². The topological polar surface area (TPSA) is 71.5 Å². The molecule has 7 heteroatoms. The van der Waals surface area contributed by atoms with Crippen LogP contribution in [0.3, 0.4) is 0 Å². The Morgan fingerprint density at radius 3 is 3.05 bits per heavy atom. The molecule has 2 rings (SSSR count). The van der Waals surface area contributed by atoms with Gasteiger partial charge in [0.15, 0.2) is 0 Å². The van der Waals surface area contributed by atoms with E-state index in [1.54, 1.807) is 6.07 Å². The van der Waals surface area contributed by atoms with Gasteiger partial charge in [0.25, 0.3) is 0 Å². The molecule has 1 unspecified atom stereocenters. The van der Waals surface area contributed by atoms with Crippen molar-refractivity contribution < 1.29 is 13.2 Å². The Morgan fingerprint density at radius 2 is 2.35 bits per heavy atom. The zero-order valence-corrected chi connectivity index (χ0v) is 12.7. The van der Waals surface area contributed by atoms with E-state index >= 15 is 0 Å². The Labute approximate surface area is 120 Å². The molecule has 0 bridgehead atoms. The van der Waals surface area contributed by atoms with Crippen molar-refractivity contribution in [3.05, 3.63) is 18.3 Å². The lowest BCUT2D eigenvalue weighted by Gasteiger charge is -2.30. The van der Waals surface area contributed by atoms with E-state index in [9.17, 15) is 8.42 Å². The second kappa shape index (κ2) is 6.51. The molecule has 1 aromatic rings. The number of rotatable bonds is 5. The quantitative estimate of drug-likeness (QED) is 0.887. The summed E-state index contributed by atoms with van der Waals surface area (Å²) in [6.07, 6.45) is 2.41. The lowest BCUT2D eigenvalue weighted by molar-refractivity contribution is 0.0102.